The van der Waals surface area contributed by atoms with Crippen LogP contribution < -0.4 is 4.74 Å². The van der Waals surface area contributed by atoms with Crippen LogP contribution in [0.25, 0.3) is 0 Å². The quantitative estimate of drug-likeness (QED) is 0.269. The van der Waals surface area contributed by atoms with Crippen molar-refractivity contribution in [2.45, 2.75) is 6.54 Å². The van der Waals surface area contributed by atoms with Gasteiger partial charge in [0.1, 0.15) is 5.75 Å². The van der Waals surface area contributed by atoms with Crippen LogP contribution in [0.5, 0.6) is 11.5 Å². The Labute approximate surface area is 186 Å². The number of rotatable bonds is 8. The first-order chi connectivity index (χ1) is 14.8. The molecule has 1 aromatic heterocycles. The van der Waals surface area contributed by atoms with Crippen LogP contribution in [0.2, 0.25) is 5.02 Å². The molecule has 0 aliphatic carbocycles. The van der Waals surface area contributed by atoms with Gasteiger partial charge in [-0.3, -0.25) is 14.9 Å². The summed E-state index contributed by atoms with van der Waals surface area (Å²) in [7, 11) is 1.64. The number of hydrogen-bond donors (Lipinski definition) is 0. The molecule has 8 nitrogen and oxygen atoms in total. The van der Waals surface area contributed by atoms with Crippen LogP contribution in [-0.4, -0.2) is 35.4 Å². The fourth-order valence-electron chi connectivity index (χ4n) is 2.55. The molecular weight excluding hydrogens is 444 g/mol. The zero-order valence-corrected chi connectivity index (χ0v) is 17.9. The summed E-state index contributed by atoms with van der Waals surface area (Å²) in [5.41, 5.74) is -0.0622. The third-order valence-electron chi connectivity index (χ3n) is 4.16. The predicted molar refractivity (Wildman–Crippen MR) is 116 cm³/mol. The molecule has 0 saturated carbocycles. The number of esters is 1. The highest BCUT2D eigenvalue weighted by Gasteiger charge is 2.17. The van der Waals surface area contributed by atoms with Crippen LogP contribution in [0.3, 0.4) is 0 Å². The minimum Gasteiger partial charge on any atom is -0.452 e. The number of nitro groups is 1. The number of amides is 1. The van der Waals surface area contributed by atoms with E-state index in [-0.39, 0.29) is 40.3 Å². The monoisotopic (exact) mass is 460 g/mol. The Kier molecular flexibility index (Phi) is 7.22. The van der Waals surface area contributed by atoms with Crippen molar-refractivity contribution in [1.29, 1.82) is 0 Å². The van der Waals surface area contributed by atoms with E-state index in [1.54, 1.807) is 7.05 Å². The van der Waals surface area contributed by atoms with Crippen molar-refractivity contribution in [1.82, 2.24) is 4.90 Å². The van der Waals surface area contributed by atoms with Crippen molar-refractivity contribution < 1.29 is 24.0 Å². The zero-order valence-electron chi connectivity index (χ0n) is 16.3. The molecule has 0 aliphatic heterocycles. The molecule has 1 amide bonds. The number of nitro benzene ring substituents is 1. The van der Waals surface area contributed by atoms with Crippen molar-refractivity contribution in [2.24, 2.45) is 0 Å². The van der Waals surface area contributed by atoms with Crippen molar-refractivity contribution in [3.05, 3.63) is 85.6 Å². The van der Waals surface area contributed by atoms with Crippen LogP contribution in [0, 0.1) is 10.1 Å². The van der Waals surface area contributed by atoms with Gasteiger partial charge in [0.05, 0.1) is 17.0 Å². The van der Waals surface area contributed by atoms with Crippen LogP contribution >= 0.6 is 22.9 Å². The molecule has 0 atom stereocenters. The van der Waals surface area contributed by atoms with Gasteiger partial charge in [-0.25, -0.2) is 4.79 Å². The van der Waals surface area contributed by atoms with E-state index in [4.69, 9.17) is 21.1 Å². The first-order valence-corrected chi connectivity index (χ1v) is 10.2. The summed E-state index contributed by atoms with van der Waals surface area (Å²) in [6.07, 6.45) is 0. The van der Waals surface area contributed by atoms with E-state index in [1.807, 2.05) is 17.5 Å². The Balaban J connectivity index is 1.57. The number of ether oxygens (including phenoxy) is 2. The molecular formula is C21H17ClN2O6S. The van der Waals surface area contributed by atoms with Crippen molar-refractivity contribution in [3.63, 3.8) is 0 Å². The summed E-state index contributed by atoms with van der Waals surface area (Å²) in [6.45, 7) is 0.0624. The molecule has 10 heteroatoms. The number of carbonyl (C=O) groups is 2. The molecule has 31 heavy (non-hydrogen) atoms. The van der Waals surface area contributed by atoms with Gasteiger partial charge >= 0.3 is 11.7 Å². The van der Waals surface area contributed by atoms with Gasteiger partial charge < -0.3 is 14.4 Å². The first-order valence-electron chi connectivity index (χ1n) is 8.99. The van der Waals surface area contributed by atoms with Gasteiger partial charge in [0.15, 0.2) is 6.61 Å². The maximum Gasteiger partial charge on any atom is 0.338 e. The van der Waals surface area contributed by atoms with Crippen LogP contribution in [0.1, 0.15) is 15.2 Å². The summed E-state index contributed by atoms with van der Waals surface area (Å²) in [6, 6.07) is 13.7. The minimum absolute atomic E-state index is 0.0177. The van der Waals surface area contributed by atoms with Gasteiger partial charge in [0, 0.05) is 23.0 Å². The zero-order chi connectivity index (χ0) is 22.4. The van der Waals surface area contributed by atoms with E-state index < -0.39 is 10.9 Å². The average molecular weight is 461 g/mol. The second kappa shape index (κ2) is 10.1. The minimum atomic E-state index is -0.665. The summed E-state index contributed by atoms with van der Waals surface area (Å²) in [5, 5.41) is 13.3. The van der Waals surface area contributed by atoms with E-state index in [0.29, 0.717) is 6.54 Å². The lowest BCUT2D eigenvalue weighted by molar-refractivity contribution is -0.385. The summed E-state index contributed by atoms with van der Waals surface area (Å²) in [4.78, 5) is 37.4. The average Bonchev–Trinajstić information content (AvgIpc) is 3.26. The highest BCUT2D eigenvalue weighted by atomic mass is 35.5. The standard InChI is InChI=1S/C21H17ClN2O6S/c1-23(12-17-3-2-10-31-17)20(25)13-29-21(26)14-4-7-16(8-5-14)30-19-9-6-15(22)11-18(19)24(27)28/h2-11H,12-13H2,1H3. The molecule has 0 saturated heterocycles. The molecule has 0 radical (unpaired) electrons. The molecule has 3 aromatic rings. The second-order valence-corrected chi connectivity index (χ2v) is 7.87. The van der Waals surface area contributed by atoms with E-state index in [2.05, 4.69) is 0 Å². The van der Waals surface area contributed by atoms with Crippen LogP contribution in [0.4, 0.5) is 5.69 Å². The molecule has 1 heterocycles. The van der Waals surface area contributed by atoms with Gasteiger partial charge in [0.2, 0.25) is 5.75 Å². The summed E-state index contributed by atoms with van der Waals surface area (Å²) >= 11 is 7.33. The lowest BCUT2D eigenvalue weighted by atomic mass is 10.2. The van der Waals surface area contributed by atoms with E-state index in [9.17, 15) is 19.7 Å². The summed E-state index contributed by atoms with van der Waals surface area (Å²) in [5.74, 6) is -0.684. The fraction of sp³-hybridized carbons (Fsp3) is 0.143. The molecule has 2 aromatic carbocycles. The Morgan fingerprint density at radius 1 is 1.16 bits per heavy atom. The smallest absolute Gasteiger partial charge is 0.338 e. The second-order valence-electron chi connectivity index (χ2n) is 6.40. The predicted octanol–water partition coefficient (Wildman–Crippen LogP) is 4.92. The lowest BCUT2D eigenvalue weighted by Gasteiger charge is -2.16. The van der Waals surface area contributed by atoms with Gasteiger partial charge in [0.25, 0.3) is 5.91 Å². The fourth-order valence-corrected chi connectivity index (χ4v) is 3.47. The van der Waals surface area contributed by atoms with Gasteiger partial charge in [-0.1, -0.05) is 17.7 Å². The number of nitrogens with zero attached hydrogens (tertiary/aromatic N) is 2. The third-order valence-corrected chi connectivity index (χ3v) is 5.26. The van der Waals surface area contributed by atoms with Crippen LogP contribution in [0.15, 0.2) is 60.0 Å². The highest BCUT2D eigenvalue weighted by Crippen LogP contribution is 2.33. The van der Waals surface area contributed by atoms with Gasteiger partial charge in [-0.05, 0) is 47.8 Å². The number of carbonyl (C=O) groups excluding carboxylic acids is 2. The Morgan fingerprint density at radius 3 is 2.55 bits per heavy atom. The highest BCUT2D eigenvalue weighted by molar-refractivity contribution is 7.09. The molecule has 0 N–H and O–H groups in total. The summed E-state index contributed by atoms with van der Waals surface area (Å²) < 4.78 is 10.6. The third kappa shape index (κ3) is 6.03. The Bertz CT molecular complexity index is 1090. The molecule has 0 bridgehead atoms. The van der Waals surface area contributed by atoms with Crippen molar-refractivity contribution in [3.8, 4) is 11.5 Å². The molecule has 0 aliphatic rings. The number of halogens is 1. The largest absolute Gasteiger partial charge is 0.452 e. The maximum absolute atomic E-state index is 12.2. The van der Waals surface area contributed by atoms with E-state index in [1.165, 1.54) is 58.7 Å². The number of thiophene rings is 1. The van der Waals surface area contributed by atoms with Gasteiger partial charge in [-0.15, -0.1) is 11.3 Å². The van der Waals surface area contributed by atoms with Gasteiger partial charge in [-0.2, -0.15) is 0 Å². The molecule has 0 spiro atoms. The Hall–Kier alpha value is -3.43. The molecule has 160 valence electrons. The topological polar surface area (TPSA) is 99.0 Å². The molecule has 3 rings (SSSR count). The van der Waals surface area contributed by atoms with Crippen molar-refractivity contribution >= 4 is 40.5 Å². The van der Waals surface area contributed by atoms with Crippen LogP contribution in [-0.2, 0) is 16.1 Å². The number of likely N-dealkylation sites (N-methyl/N-ethyl adjacent to an activating group) is 1. The Morgan fingerprint density at radius 2 is 1.90 bits per heavy atom. The number of hydrogen-bond acceptors (Lipinski definition) is 7. The maximum atomic E-state index is 12.2. The first kappa shape index (κ1) is 22.3. The normalized spacial score (nSPS) is 10.4. The number of benzene rings is 2. The molecule has 0 fully saturated rings. The van der Waals surface area contributed by atoms with E-state index in [0.717, 1.165) is 4.88 Å². The lowest BCUT2D eigenvalue weighted by Crippen LogP contribution is -2.30. The SMILES string of the molecule is CN(Cc1cccs1)C(=O)COC(=O)c1ccc(Oc2ccc(Cl)cc2[N+](=O)[O-])cc1. The molecule has 0 unspecified atom stereocenters. The van der Waals surface area contributed by atoms with Crippen molar-refractivity contribution in [2.75, 3.05) is 13.7 Å². The van der Waals surface area contributed by atoms with E-state index >= 15 is 0 Å².